The minimum absolute atomic E-state index is 0.0157. The second kappa shape index (κ2) is 9.80. The predicted molar refractivity (Wildman–Crippen MR) is 111 cm³/mol. The second-order valence-corrected chi connectivity index (χ2v) is 6.77. The topological polar surface area (TPSA) is 78.1 Å². The first-order valence-electron chi connectivity index (χ1n) is 9.66. The SMILES string of the molecule is CCN(CC(=O)NCCCc1ccccc1)Cc1nc2ccccc2c(=O)[nH]1. The molecular weight excluding hydrogens is 352 g/mol. The number of H-pyrrole nitrogens is 1. The molecule has 6 heteroatoms. The molecule has 0 radical (unpaired) electrons. The van der Waals surface area contributed by atoms with E-state index in [-0.39, 0.29) is 18.0 Å². The number of hydrogen-bond acceptors (Lipinski definition) is 4. The number of benzene rings is 2. The lowest BCUT2D eigenvalue weighted by molar-refractivity contribution is -0.122. The van der Waals surface area contributed by atoms with Crippen LogP contribution in [0.3, 0.4) is 0 Å². The van der Waals surface area contributed by atoms with Crippen molar-refractivity contribution < 1.29 is 4.79 Å². The lowest BCUT2D eigenvalue weighted by Gasteiger charge is -2.19. The lowest BCUT2D eigenvalue weighted by Crippen LogP contribution is -2.38. The Morgan fingerprint density at radius 3 is 2.64 bits per heavy atom. The van der Waals surface area contributed by atoms with Gasteiger partial charge in [-0.25, -0.2) is 4.98 Å². The van der Waals surface area contributed by atoms with Crippen LogP contribution in [0.1, 0.15) is 24.7 Å². The maximum absolute atomic E-state index is 12.2. The largest absolute Gasteiger partial charge is 0.355 e. The zero-order chi connectivity index (χ0) is 19.8. The average molecular weight is 378 g/mol. The summed E-state index contributed by atoms with van der Waals surface area (Å²) in [5, 5.41) is 3.55. The van der Waals surface area contributed by atoms with Gasteiger partial charge >= 0.3 is 0 Å². The number of nitrogens with zero attached hydrogens (tertiary/aromatic N) is 2. The molecule has 1 aromatic heterocycles. The lowest BCUT2D eigenvalue weighted by atomic mass is 10.1. The number of likely N-dealkylation sites (N-methyl/N-ethyl adjacent to an activating group) is 1. The highest BCUT2D eigenvalue weighted by atomic mass is 16.2. The van der Waals surface area contributed by atoms with E-state index in [4.69, 9.17) is 0 Å². The molecule has 28 heavy (non-hydrogen) atoms. The molecule has 0 aliphatic carbocycles. The van der Waals surface area contributed by atoms with Crippen molar-refractivity contribution in [1.29, 1.82) is 0 Å². The summed E-state index contributed by atoms with van der Waals surface area (Å²) in [7, 11) is 0. The third kappa shape index (κ3) is 5.50. The smallest absolute Gasteiger partial charge is 0.258 e. The Morgan fingerprint density at radius 2 is 1.86 bits per heavy atom. The maximum Gasteiger partial charge on any atom is 0.258 e. The highest BCUT2D eigenvalue weighted by Gasteiger charge is 2.12. The number of rotatable bonds is 9. The molecule has 0 spiro atoms. The van der Waals surface area contributed by atoms with Gasteiger partial charge in [0.25, 0.3) is 5.56 Å². The molecular formula is C22H26N4O2. The molecule has 6 nitrogen and oxygen atoms in total. The molecule has 2 N–H and O–H groups in total. The summed E-state index contributed by atoms with van der Waals surface area (Å²) in [4.78, 5) is 33.7. The molecule has 0 bridgehead atoms. The van der Waals surface area contributed by atoms with Gasteiger partial charge < -0.3 is 10.3 Å². The summed E-state index contributed by atoms with van der Waals surface area (Å²) in [5.74, 6) is 0.556. The Bertz CT molecular complexity index is 969. The number of amides is 1. The van der Waals surface area contributed by atoms with E-state index in [0.29, 0.717) is 36.4 Å². The van der Waals surface area contributed by atoms with Gasteiger partial charge in [0.1, 0.15) is 5.82 Å². The van der Waals surface area contributed by atoms with E-state index in [0.717, 1.165) is 12.8 Å². The number of para-hydroxylation sites is 1. The van der Waals surface area contributed by atoms with Gasteiger partial charge in [-0.3, -0.25) is 14.5 Å². The van der Waals surface area contributed by atoms with Gasteiger partial charge in [-0.15, -0.1) is 0 Å². The number of aryl methyl sites for hydroxylation is 1. The minimum atomic E-state index is -0.151. The normalized spacial score (nSPS) is 11.1. The summed E-state index contributed by atoms with van der Waals surface area (Å²) in [6.07, 6.45) is 1.85. The van der Waals surface area contributed by atoms with Crippen molar-refractivity contribution in [2.45, 2.75) is 26.3 Å². The number of aromatic nitrogens is 2. The summed E-state index contributed by atoms with van der Waals surface area (Å²) < 4.78 is 0. The van der Waals surface area contributed by atoms with E-state index in [9.17, 15) is 9.59 Å². The van der Waals surface area contributed by atoms with E-state index < -0.39 is 0 Å². The van der Waals surface area contributed by atoms with Crippen LogP contribution in [0.15, 0.2) is 59.4 Å². The summed E-state index contributed by atoms with van der Waals surface area (Å²) >= 11 is 0. The zero-order valence-corrected chi connectivity index (χ0v) is 16.1. The van der Waals surface area contributed by atoms with E-state index in [1.165, 1.54) is 5.56 Å². The minimum Gasteiger partial charge on any atom is -0.355 e. The van der Waals surface area contributed by atoms with Crippen molar-refractivity contribution in [3.63, 3.8) is 0 Å². The number of nitrogens with one attached hydrogen (secondary N) is 2. The van der Waals surface area contributed by atoms with Gasteiger partial charge in [-0.2, -0.15) is 0 Å². The fourth-order valence-electron chi connectivity index (χ4n) is 3.13. The highest BCUT2D eigenvalue weighted by Crippen LogP contribution is 2.07. The molecule has 0 saturated carbocycles. The molecule has 1 amide bonds. The van der Waals surface area contributed by atoms with E-state index in [2.05, 4.69) is 27.4 Å². The van der Waals surface area contributed by atoms with Crippen molar-refractivity contribution in [3.05, 3.63) is 76.3 Å². The molecule has 1 heterocycles. The van der Waals surface area contributed by atoms with Crippen molar-refractivity contribution in [2.24, 2.45) is 0 Å². The van der Waals surface area contributed by atoms with Crippen LogP contribution in [0, 0.1) is 0 Å². The predicted octanol–water partition coefficient (Wildman–Crippen LogP) is 2.49. The molecule has 0 atom stereocenters. The molecule has 3 aromatic rings. The average Bonchev–Trinajstić information content (AvgIpc) is 2.71. The number of carbonyl (C=O) groups is 1. The van der Waals surface area contributed by atoms with E-state index in [1.54, 1.807) is 6.07 Å². The van der Waals surface area contributed by atoms with Gasteiger partial charge in [0.05, 0.1) is 24.0 Å². The third-order valence-electron chi connectivity index (χ3n) is 4.66. The summed E-state index contributed by atoms with van der Waals surface area (Å²) in [6, 6.07) is 17.5. The van der Waals surface area contributed by atoms with Crippen LogP contribution in [0.5, 0.6) is 0 Å². The van der Waals surface area contributed by atoms with Gasteiger partial charge in [0.15, 0.2) is 0 Å². The quantitative estimate of drug-likeness (QED) is 0.561. The fraction of sp³-hybridized carbons (Fsp3) is 0.318. The summed E-state index contributed by atoms with van der Waals surface area (Å²) in [5.41, 5.74) is 1.79. The number of hydrogen-bond donors (Lipinski definition) is 2. The molecule has 0 unspecified atom stereocenters. The Labute approximate surface area is 164 Å². The molecule has 0 fully saturated rings. The van der Waals surface area contributed by atoms with Crippen LogP contribution in [0.2, 0.25) is 0 Å². The number of aromatic amines is 1. The van der Waals surface area contributed by atoms with E-state index >= 15 is 0 Å². The van der Waals surface area contributed by atoms with E-state index in [1.807, 2.05) is 48.2 Å². The third-order valence-corrected chi connectivity index (χ3v) is 4.66. The second-order valence-electron chi connectivity index (χ2n) is 6.77. The van der Waals surface area contributed by atoms with Gasteiger partial charge in [-0.05, 0) is 37.1 Å². The van der Waals surface area contributed by atoms with Crippen molar-refractivity contribution in [1.82, 2.24) is 20.2 Å². The Kier molecular flexibility index (Phi) is 6.92. The van der Waals surface area contributed by atoms with Crippen LogP contribution in [-0.4, -0.2) is 40.4 Å². The molecule has 0 aliphatic rings. The van der Waals surface area contributed by atoms with Crippen molar-refractivity contribution in [2.75, 3.05) is 19.6 Å². The zero-order valence-electron chi connectivity index (χ0n) is 16.1. The Balaban J connectivity index is 1.49. The highest BCUT2D eigenvalue weighted by molar-refractivity contribution is 5.78. The van der Waals surface area contributed by atoms with Crippen LogP contribution in [0.25, 0.3) is 10.9 Å². The standard InChI is InChI=1S/C22H26N4O2/c1-2-26(15-20-24-19-13-7-6-12-18(19)22(28)25-20)16-21(27)23-14-8-11-17-9-4-3-5-10-17/h3-7,9-10,12-13H,2,8,11,14-16H2,1H3,(H,23,27)(H,24,25,28). The van der Waals surface area contributed by atoms with Gasteiger partial charge in [0.2, 0.25) is 5.91 Å². The molecule has 2 aromatic carbocycles. The first kappa shape index (κ1) is 19.8. The van der Waals surface area contributed by atoms with Gasteiger partial charge in [0, 0.05) is 6.54 Å². The fourth-order valence-corrected chi connectivity index (χ4v) is 3.13. The van der Waals surface area contributed by atoms with Crippen LogP contribution in [0.4, 0.5) is 0 Å². The van der Waals surface area contributed by atoms with Crippen molar-refractivity contribution in [3.8, 4) is 0 Å². The van der Waals surface area contributed by atoms with Crippen LogP contribution in [-0.2, 0) is 17.8 Å². The van der Waals surface area contributed by atoms with Crippen LogP contribution < -0.4 is 10.9 Å². The molecule has 0 aliphatic heterocycles. The first-order chi connectivity index (χ1) is 13.7. The first-order valence-corrected chi connectivity index (χ1v) is 9.66. The van der Waals surface area contributed by atoms with Crippen molar-refractivity contribution >= 4 is 16.8 Å². The Hall–Kier alpha value is -2.99. The van der Waals surface area contributed by atoms with Gasteiger partial charge in [-0.1, -0.05) is 49.4 Å². The van der Waals surface area contributed by atoms with Crippen LogP contribution >= 0.6 is 0 Å². The maximum atomic E-state index is 12.2. The molecule has 146 valence electrons. The summed E-state index contributed by atoms with van der Waals surface area (Å²) in [6.45, 7) is 4.03. The molecule has 0 saturated heterocycles. The monoisotopic (exact) mass is 378 g/mol. The molecule has 3 rings (SSSR count). The Morgan fingerprint density at radius 1 is 1.11 bits per heavy atom. The number of carbonyl (C=O) groups excluding carboxylic acids is 1. The number of fused-ring (bicyclic) bond motifs is 1.